The first kappa shape index (κ1) is 20.6. The van der Waals surface area contributed by atoms with Gasteiger partial charge in [-0.1, -0.05) is 0 Å². The molecule has 0 aliphatic rings. The lowest BCUT2D eigenvalue weighted by atomic mass is 10.1. The second-order valence-corrected chi connectivity index (χ2v) is 6.43. The number of hydrogen-bond acceptors (Lipinski definition) is 7. The highest BCUT2D eigenvalue weighted by molar-refractivity contribution is 5.89. The van der Waals surface area contributed by atoms with Gasteiger partial charge >= 0.3 is 11.7 Å². The number of nitrogens with zero attached hydrogens (tertiary/aromatic N) is 1. The van der Waals surface area contributed by atoms with Crippen LogP contribution in [0.1, 0.15) is 18.2 Å². The topological polar surface area (TPSA) is 94.1 Å². The Labute approximate surface area is 168 Å². The van der Waals surface area contributed by atoms with E-state index in [0.717, 1.165) is 16.7 Å². The molecular formula is C21H24N2O6. The smallest absolute Gasteiger partial charge is 0.411 e. The van der Waals surface area contributed by atoms with Crippen molar-refractivity contribution >= 4 is 22.7 Å². The number of amides is 1. The number of anilines is 1. The molecule has 0 bridgehead atoms. The highest BCUT2D eigenvalue weighted by Gasteiger charge is 2.14. The van der Waals surface area contributed by atoms with Crippen LogP contribution < -0.4 is 10.9 Å². The molecule has 0 radical (unpaired) electrons. The predicted octanol–water partition coefficient (Wildman–Crippen LogP) is 3.60. The maximum atomic E-state index is 12.1. The van der Waals surface area contributed by atoms with Crippen LogP contribution in [0.4, 0.5) is 10.5 Å². The molecule has 8 heteroatoms. The molecule has 0 aliphatic heterocycles. The van der Waals surface area contributed by atoms with Crippen LogP contribution in [0.25, 0.3) is 11.0 Å². The number of fused-ring (bicyclic) bond motifs is 1. The SMILES string of the molecule is CCOC(=O)Nc1ccc2c(CN(CCOC)Cc3ccco3)cc(=O)oc2c1. The van der Waals surface area contributed by atoms with Crippen molar-refractivity contribution in [1.29, 1.82) is 0 Å². The molecule has 29 heavy (non-hydrogen) atoms. The molecule has 3 aromatic rings. The largest absolute Gasteiger partial charge is 0.468 e. The molecule has 2 heterocycles. The summed E-state index contributed by atoms with van der Waals surface area (Å²) in [6, 6.07) is 10.4. The van der Waals surface area contributed by atoms with Gasteiger partial charge in [-0.25, -0.2) is 9.59 Å². The lowest BCUT2D eigenvalue weighted by Gasteiger charge is -2.21. The molecule has 0 fully saturated rings. The summed E-state index contributed by atoms with van der Waals surface area (Å²) < 4.78 is 20.9. The summed E-state index contributed by atoms with van der Waals surface area (Å²) in [5.41, 5.74) is 1.25. The first-order valence-electron chi connectivity index (χ1n) is 9.33. The van der Waals surface area contributed by atoms with Crippen molar-refractivity contribution in [3.8, 4) is 0 Å². The van der Waals surface area contributed by atoms with Crippen molar-refractivity contribution in [1.82, 2.24) is 4.90 Å². The molecule has 0 aliphatic carbocycles. The van der Waals surface area contributed by atoms with Crippen molar-refractivity contribution in [2.75, 3.05) is 32.2 Å². The fourth-order valence-electron chi connectivity index (χ4n) is 3.02. The number of hydrogen-bond donors (Lipinski definition) is 1. The van der Waals surface area contributed by atoms with E-state index in [9.17, 15) is 9.59 Å². The maximum absolute atomic E-state index is 12.1. The molecule has 1 N–H and O–H groups in total. The van der Waals surface area contributed by atoms with E-state index in [1.54, 1.807) is 32.4 Å². The normalized spacial score (nSPS) is 11.1. The van der Waals surface area contributed by atoms with Crippen molar-refractivity contribution in [2.45, 2.75) is 20.0 Å². The van der Waals surface area contributed by atoms with Gasteiger partial charge in [0, 0.05) is 43.4 Å². The van der Waals surface area contributed by atoms with Gasteiger partial charge in [0.15, 0.2) is 0 Å². The van der Waals surface area contributed by atoms with E-state index in [0.29, 0.717) is 37.5 Å². The molecule has 1 aromatic carbocycles. The molecule has 154 valence electrons. The Morgan fingerprint density at radius 1 is 1.21 bits per heavy atom. The van der Waals surface area contributed by atoms with Crippen LogP contribution in [-0.4, -0.2) is 37.9 Å². The average Bonchev–Trinajstić information content (AvgIpc) is 3.19. The van der Waals surface area contributed by atoms with Crippen LogP contribution in [0, 0.1) is 0 Å². The Kier molecular flexibility index (Phi) is 7.04. The minimum Gasteiger partial charge on any atom is -0.468 e. The van der Waals surface area contributed by atoms with Gasteiger partial charge in [0.1, 0.15) is 11.3 Å². The Morgan fingerprint density at radius 2 is 2.07 bits per heavy atom. The zero-order valence-corrected chi connectivity index (χ0v) is 16.5. The van der Waals surface area contributed by atoms with E-state index >= 15 is 0 Å². The number of benzene rings is 1. The number of furan rings is 1. The van der Waals surface area contributed by atoms with Crippen LogP contribution in [0.5, 0.6) is 0 Å². The zero-order valence-electron chi connectivity index (χ0n) is 16.5. The van der Waals surface area contributed by atoms with Gasteiger partial charge in [-0.2, -0.15) is 0 Å². The predicted molar refractivity (Wildman–Crippen MR) is 108 cm³/mol. The zero-order chi connectivity index (χ0) is 20.6. The number of ether oxygens (including phenoxy) is 2. The molecule has 2 aromatic heterocycles. The maximum Gasteiger partial charge on any atom is 0.411 e. The molecule has 1 amide bonds. The first-order chi connectivity index (χ1) is 14.1. The summed E-state index contributed by atoms with van der Waals surface area (Å²) in [7, 11) is 1.65. The number of carbonyl (C=O) groups is 1. The minimum atomic E-state index is -0.561. The average molecular weight is 400 g/mol. The van der Waals surface area contributed by atoms with Crippen molar-refractivity contribution in [3.63, 3.8) is 0 Å². The summed E-state index contributed by atoms with van der Waals surface area (Å²) in [4.78, 5) is 25.9. The number of carbonyl (C=O) groups excluding carboxylic acids is 1. The number of nitrogens with one attached hydrogen (secondary N) is 1. The fourth-order valence-corrected chi connectivity index (χ4v) is 3.02. The standard InChI is InChI=1S/C21H24N2O6/c1-3-27-21(25)22-16-6-7-18-15(11-20(24)29-19(18)12-16)13-23(8-10-26-2)14-17-5-4-9-28-17/h4-7,9,11-12H,3,8,10,13-14H2,1-2H3,(H,22,25). The van der Waals surface area contributed by atoms with E-state index in [2.05, 4.69) is 10.2 Å². The molecule has 0 spiro atoms. The van der Waals surface area contributed by atoms with Crippen LogP contribution in [0.2, 0.25) is 0 Å². The monoisotopic (exact) mass is 400 g/mol. The van der Waals surface area contributed by atoms with Crippen LogP contribution >= 0.6 is 0 Å². The van der Waals surface area contributed by atoms with Gasteiger partial charge in [0.25, 0.3) is 0 Å². The summed E-state index contributed by atoms with van der Waals surface area (Å²) in [5.74, 6) is 0.828. The molecule has 0 atom stereocenters. The van der Waals surface area contributed by atoms with Crippen LogP contribution in [-0.2, 0) is 22.6 Å². The third kappa shape index (κ3) is 5.69. The lowest BCUT2D eigenvalue weighted by Crippen LogP contribution is -2.27. The van der Waals surface area contributed by atoms with Crippen LogP contribution in [0.3, 0.4) is 0 Å². The van der Waals surface area contributed by atoms with E-state index < -0.39 is 11.7 Å². The quantitative estimate of drug-likeness (QED) is 0.548. The summed E-state index contributed by atoms with van der Waals surface area (Å²) >= 11 is 0. The summed E-state index contributed by atoms with van der Waals surface area (Å²) in [6.07, 6.45) is 1.07. The third-order valence-electron chi connectivity index (χ3n) is 4.32. The van der Waals surface area contributed by atoms with Gasteiger partial charge in [0.2, 0.25) is 0 Å². The van der Waals surface area contributed by atoms with E-state index in [-0.39, 0.29) is 6.61 Å². The summed E-state index contributed by atoms with van der Waals surface area (Å²) in [6.45, 7) is 4.31. The fraction of sp³-hybridized carbons (Fsp3) is 0.333. The summed E-state index contributed by atoms with van der Waals surface area (Å²) in [5, 5.41) is 3.40. The second-order valence-electron chi connectivity index (χ2n) is 6.43. The van der Waals surface area contributed by atoms with E-state index in [1.807, 2.05) is 18.2 Å². The van der Waals surface area contributed by atoms with Crippen molar-refractivity contribution in [3.05, 3.63) is 64.4 Å². The van der Waals surface area contributed by atoms with Crippen LogP contribution in [0.15, 0.2) is 56.3 Å². The van der Waals surface area contributed by atoms with Crippen molar-refractivity contribution < 1.29 is 23.1 Å². The Morgan fingerprint density at radius 3 is 2.79 bits per heavy atom. The molecule has 0 saturated carbocycles. The van der Waals surface area contributed by atoms with Gasteiger partial charge in [-0.05, 0) is 36.8 Å². The molecule has 0 saturated heterocycles. The molecule has 3 rings (SSSR count). The third-order valence-corrected chi connectivity index (χ3v) is 4.32. The molecule has 0 unspecified atom stereocenters. The van der Waals surface area contributed by atoms with Gasteiger partial charge in [-0.15, -0.1) is 0 Å². The highest BCUT2D eigenvalue weighted by atomic mass is 16.5. The van der Waals surface area contributed by atoms with Gasteiger partial charge < -0.3 is 18.3 Å². The molecule has 8 nitrogen and oxygen atoms in total. The molecular weight excluding hydrogens is 376 g/mol. The second kappa shape index (κ2) is 9.90. The van der Waals surface area contributed by atoms with E-state index in [4.69, 9.17) is 18.3 Å². The van der Waals surface area contributed by atoms with Crippen molar-refractivity contribution in [2.24, 2.45) is 0 Å². The minimum absolute atomic E-state index is 0.269. The number of methoxy groups -OCH3 is 1. The lowest BCUT2D eigenvalue weighted by molar-refractivity contribution is 0.135. The van der Waals surface area contributed by atoms with E-state index in [1.165, 1.54) is 6.07 Å². The Hall–Kier alpha value is -3.10. The first-order valence-corrected chi connectivity index (χ1v) is 9.33. The Bertz CT molecular complexity index is 996. The van der Waals surface area contributed by atoms with Gasteiger partial charge in [-0.3, -0.25) is 10.2 Å². The highest BCUT2D eigenvalue weighted by Crippen LogP contribution is 2.23. The number of rotatable bonds is 9. The Balaban J connectivity index is 1.86. The van der Waals surface area contributed by atoms with Gasteiger partial charge in [0.05, 0.1) is 26.0 Å².